The molecule has 0 atom stereocenters. The summed E-state index contributed by atoms with van der Waals surface area (Å²) >= 11 is 0. The van der Waals surface area contributed by atoms with E-state index in [1.807, 2.05) is 0 Å². The van der Waals surface area contributed by atoms with Crippen LogP contribution in [0, 0.1) is 0 Å². The number of likely N-dealkylation sites (tertiary alicyclic amines) is 1. The highest BCUT2D eigenvalue weighted by Crippen LogP contribution is 2.21. The Morgan fingerprint density at radius 1 is 1.29 bits per heavy atom. The molecule has 2 aromatic rings. The molecule has 3 rings (SSSR count). The molecule has 1 amide bonds. The average Bonchev–Trinajstić information content (AvgIpc) is 2.68. The molecule has 28 heavy (non-hydrogen) atoms. The molecule has 10 heteroatoms. The van der Waals surface area contributed by atoms with Gasteiger partial charge in [0.15, 0.2) is 0 Å². The van der Waals surface area contributed by atoms with Gasteiger partial charge >= 0.3 is 0 Å². The SMILES string of the molecule is CN(c1ccc(OC2CCN(C(=O)c3ccc[nH]c3=O)CC2)nc1)S(C)(=O)=O. The standard InChI is InChI=1S/C18H22N4O5S/c1-21(28(2,25)26)13-5-6-16(20-12-13)27-14-7-10-22(11-8-14)18(24)15-4-3-9-19-17(15)23/h3-6,9,12,14H,7-8,10-11H2,1-2H3,(H,19,23). The van der Waals surface area contributed by atoms with Gasteiger partial charge in [-0.2, -0.15) is 0 Å². The van der Waals surface area contributed by atoms with E-state index in [2.05, 4.69) is 9.97 Å². The van der Waals surface area contributed by atoms with Crippen molar-refractivity contribution in [2.45, 2.75) is 18.9 Å². The van der Waals surface area contributed by atoms with Crippen molar-refractivity contribution in [3.63, 3.8) is 0 Å². The van der Waals surface area contributed by atoms with Crippen LogP contribution in [-0.4, -0.2) is 61.7 Å². The van der Waals surface area contributed by atoms with Crippen LogP contribution in [0.3, 0.4) is 0 Å². The normalized spacial score (nSPS) is 15.3. The van der Waals surface area contributed by atoms with Crippen LogP contribution in [0.2, 0.25) is 0 Å². The lowest BCUT2D eigenvalue weighted by Crippen LogP contribution is -2.43. The molecule has 2 aromatic heterocycles. The Hall–Kier alpha value is -2.88. The van der Waals surface area contributed by atoms with Gasteiger partial charge in [-0.3, -0.25) is 13.9 Å². The summed E-state index contributed by atoms with van der Waals surface area (Å²) in [5.74, 6) is 0.113. The Kier molecular flexibility index (Phi) is 5.68. The van der Waals surface area contributed by atoms with Gasteiger partial charge in [0, 0.05) is 45.2 Å². The van der Waals surface area contributed by atoms with Crippen LogP contribution in [0.5, 0.6) is 5.88 Å². The van der Waals surface area contributed by atoms with Crippen molar-refractivity contribution in [2.24, 2.45) is 0 Å². The molecule has 0 aliphatic carbocycles. The van der Waals surface area contributed by atoms with Crippen molar-refractivity contribution in [1.29, 1.82) is 0 Å². The molecule has 1 aliphatic rings. The molecule has 1 fully saturated rings. The number of piperidine rings is 1. The second kappa shape index (κ2) is 8.01. The van der Waals surface area contributed by atoms with Crippen LogP contribution in [0.15, 0.2) is 41.5 Å². The smallest absolute Gasteiger partial charge is 0.260 e. The molecular weight excluding hydrogens is 384 g/mol. The van der Waals surface area contributed by atoms with Crippen molar-refractivity contribution in [3.05, 3.63) is 52.6 Å². The Balaban J connectivity index is 1.57. The van der Waals surface area contributed by atoms with Crippen LogP contribution < -0.4 is 14.6 Å². The molecule has 1 aliphatic heterocycles. The minimum atomic E-state index is -3.35. The summed E-state index contributed by atoms with van der Waals surface area (Å²) < 4.78 is 30.1. The number of nitrogens with zero attached hydrogens (tertiary/aromatic N) is 3. The summed E-state index contributed by atoms with van der Waals surface area (Å²) in [6, 6.07) is 6.39. The molecule has 1 saturated heterocycles. The molecule has 0 saturated carbocycles. The number of aromatic amines is 1. The van der Waals surface area contributed by atoms with E-state index in [-0.39, 0.29) is 17.6 Å². The van der Waals surface area contributed by atoms with E-state index in [0.29, 0.717) is 37.5 Å². The molecule has 0 aromatic carbocycles. The first-order valence-corrected chi connectivity index (χ1v) is 10.6. The third-order valence-electron chi connectivity index (χ3n) is 4.65. The van der Waals surface area contributed by atoms with Gasteiger partial charge in [-0.05, 0) is 18.2 Å². The van der Waals surface area contributed by atoms with Crippen LogP contribution in [-0.2, 0) is 10.0 Å². The number of hydrogen-bond donors (Lipinski definition) is 1. The van der Waals surface area contributed by atoms with E-state index >= 15 is 0 Å². The van der Waals surface area contributed by atoms with Gasteiger partial charge in [-0.15, -0.1) is 0 Å². The van der Waals surface area contributed by atoms with E-state index in [1.54, 1.807) is 23.1 Å². The summed E-state index contributed by atoms with van der Waals surface area (Å²) in [5, 5.41) is 0. The van der Waals surface area contributed by atoms with E-state index in [0.717, 1.165) is 10.6 Å². The van der Waals surface area contributed by atoms with E-state index < -0.39 is 15.6 Å². The van der Waals surface area contributed by atoms with Crippen molar-refractivity contribution in [2.75, 3.05) is 30.7 Å². The van der Waals surface area contributed by atoms with Crippen molar-refractivity contribution < 1.29 is 17.9 Å². The third kappa shape index (κ3) is 4.50. The number of hydrogen-bond acceptors (Lipinski definition) is 6. The summed E-state index contributed by atoms with van der Waals surface area (Å²) in [6.45, 7) is 0.958. The van der Waals surface area contributed by atoms with Gasteiger partial charge < -0.3 is 14.6 Å². The van der Waals surface area contributed by atoms with Gasteiger partial charge in [0.2, 0.25) is 15.9 Å². The Labute approximate surface area is 163 Å². The topological polar surface area (TPSA) is 113 Å². The fourth-order valence-electron chi connectivity index (χ4n) is 2.93. The number of sulfonamides is 1. The fourth-order valence-corrected chi connectivity index (χ4v) is 3.42. The number of H-pyrrole nitrogens is 1. The lowest BCUT2D eigenvalue weighted by atomic mass is 10.1. The first-order chi connectivity index (χ1) is 13.3. The monoisotopic (exact) mass is 406 g/mol. The summed E-state index contributed by atoms with van der Waals surface area (Å²) in [5.41, 5.74) is 0.187. The number of carbonyl (C=O) groups is 1. The number of aromatic nitrogens is 2. The maximum Gasteiger partial charge on any atom is 0.260 e. The highest BCUT2D eigenvalue weighted by Gasteiger charge is 2.26. The first kappa shape index (κ1) is 19.9. The zero-order chi connectivity index (χ0) is 20.3. The van der Waals surface area contributed by atoms with Crippen molar-refractivity contribution in [1.82, 2.24) is 14.9 Å². The first-order valence-electron chi connectivity index (χ1n) is 8.79. The average molecular weight is 406 g/mol. The zero-order valence-electron chi connectivity index (χ0n) is 15.7. The molecule has 0 unspecified atom stereocenters. The second-order valence-corrected chi connectivity index (χ2v) is 8.62. The number of amides is 1. The van der Waals surface area contributed by atoms with Crippen LogP contribution in [0.1, 0.15) is 23.2 Å². The van der Waals surface area contributed by atoms with Gasteiger partial charge in [0.25, 0.3) is 11.5 Å². The molecule has 0 radical (unpaired) electrons. The maximum absolute atomic E-state index is 12.5. The number of ether oxygens (including phenoxy) is 1. The minimum Gasteiger partial charge on any atom is -0.474 e. The Morgan fingerprint density at radius 2 is 2.00 bits per heavy atom. The van der Waals surface area contributed by atoms with Crippen LogP contribution in [0.25, 0.3) is 0 Å². The van der Waals surface area contributed by atoms with E-state index in [4.69, 9.17) is 4.74 Å². The molecule has 1 N–H and O–H groups in total. The molecular formula is C18H22N4O5S. The molecule has 150 valence electrons. The molecule has 0 bridgehead atoms. The summed E-state index contributed by atoms with van der Waals surface area (Å²) in [7, 11) is -1.89. The molecule has 9 nitrogen and oxygen atoms in total. The lowest BCUT2D eigenvalue weighted by molar-refractivity contribution is 0.0586. The zero-order valence-corrected chi connectivity index (χ0v) is 16.5. The van der Waals surface area contributed by atoms with E-state index in [1.165, 1.54) is 25.5 Å². The molecule has 0 spiro atoms. The number of carbonyl (C=O) groups excluding carboxylic acids is 1. The van der Waals surface area contributed by atoms with E-state index in [9.17, 15) is 18.0 Å². The Morgan fingerprint density at radius 3 is 2.57 bits per heavy atom. The highest BCUT2D eigenvalue weighted by atomic mass is 32.2. The predicted octanol–water partition coefficient (Wildman–Crippen LogP) is 0.849. The number of nitrogens with one attached hydrogen (secondary N) is 1. The summed E-state index contributed by atoms with van der Waals surface area (Å²) in [4.78, 5) is 32.5. The molecule has 3 heterocycles. The van der Waals surface area contributed by atoms with Gasteiger partial charge in [0.05, 0.1) is 18.1 Å². The third-order valence-corrected chi connectivity index (χ3v) is 5.85. The Bertz CT molecular complexity index is 995. The number of rotatable bonds is 5. The number of anilines is 1. The maximum atomic E-state index is 12.5. The van der Waals surface area contributed by atoms with Gasteiger partial charge in [-0.25, -0.2) is 13.4 Å². The quantitative estimate of drug-likeness (QED) is 0.788. The van der Waals surface area contributed by atoms with Crippen molar-refractivity contribution >= 4 is 21.6 Å². The van der Waals surface area contributed by atoms with Crippen LogP contribution in [0.4, 0.5) is 5.69 Å². The lowest BCUT2D eigenvalue weighted by Gasteiger charge is -2.31. The summed E-state index contributed by atoms with van der Waals surface area (Å²) in [6.07, 6.45) is 5.17. The number of pyridine rings is 2. The predicted molar refractivity (Wildman–Crippen MR) is 104 cm³/mol. The van der Waals surface area contributed by atoms with Gasteiger partial charge in [-0.1, -0.05) is 0 Å². The highest BCUT2D eigenvalue weighted by molar-refractivity contribution is 7.92. The fraction of sp³-hybridized carbons (Fsp3) is 0.389. The van der Waals surface area contributed by atoms with Crippen molar-refractivity contribution in [3.8, 4) is 5.88 Å². The minimum absolute atomic E-state index is 0.107. The van der Waals surface area contributed by atoms with Crippen LogP contribution >= 0.6 is 0 Å². The van der Waals surface area contributed by atoms with Gasteiger partial charge in [0.1, 0.15) is 11.7 Å². The second-order valence-electron chi connectivity index (χ2n) is 6.61. The largest absolute Gasteiger partial charge is 0.474 e.